The van der Waals surface area contributed by atoms with E-state index in [4.69, 9.17) is 4.74 Å². The van der Waals surface area contributed by atoms with Gasteiger partial charge in [-0.3, -0.25) is 0 Å². The van der Waals surface area contributed by atoms with Crippen molar-refractivity contribution in [3.05, 3.63) is 0 Å². The predicted octanol–water partition coefficient (Wildman–Crippen LogP) is 0.441. The van der Waals surface area contributed by atoms with Crippen LogP contribution in [0, 0.1) is 0 Å². The molecule has 2 aliphatic heterocycles. The predicted molar refractivity (Wildman–Crippen MR) is 43.8 cm³/mol. The first-order chi connectivity index (χ1) is 5.76. The van der Waals surface area contributed by atoms with Crippen molar-refractivity contribution in [1.29, 1.82) is 0 Å². The molecule has 3 nitrogen and oxygen atoms in total. The number of aliphatic hydroxyl groups is 2. The van der Waals surface area contributed by atoms with E-state index in [9.17, 15) is 10.2 Å². The standard InChI is InChI=1S/C9H16O3/c10-6-9-4-1-2-7(11)8(12-9)3-5-9/h7-8,10-11H,1-6H2. The van der Waals surface area contributed by atoms with Gasteiger partial charge in [0, 0.05) is 0 Å². The SMILES string of the molecule is OCC12CCCC(O)C(CC1)O2. The van der Waals surface area contributed by atoms with Crippen LogP contribution < -0.4 is 0 Å². The lowest BCUT2D eigenvalue weighted by molar-refractivity contribution is -0.0967. The van der Waals surface area contributed by atoms with Gasteiger partial charge in [0.2, 0.25) is 0 Å². The Morgan fingerprint density at radius 3 is 2.92 bits per heavy atom. The minimum atomic E-state index is -0.305. The van der Waals surface area contributed by atoms with Crippen molar-refractivity contribution >= 4 is 0 Å². The fourth-order valence-corrected chi connectivity index (χ4v) is 2.31. The number of rotatable bonds is 1. The molecule has 2 heterocycles. The lowest BCUT2D eigenvalue weighted by atomic mass is 9.90. The van der Waals surface area contributed by atoms with Gasteiger partial charge in [0.15, 0.2) is 0 Å². The smallest absolute Gasteiger partial charge is 0.0918 e. The van der Waals surface area contributed by atoms with E-state index in [1.54, 1.807) is 0 Å². The fourth-order valence-electron chi connectivity index (χ4n) is 2.31. The summed E-state index contributed by atoms with van der Waals surface area (Å²) in [5.41, 5.74) is -0.303. The largest absolute Gasteiger partial charge is 0.393 e. The summed E-state index contributed by atoms with van der Waals surface area (Å²) in [5.74, 6) is 0. The van der Waals surface area contributed by atoms with Gasteiger partial charge in [0.05, 0.1) is 24.4 Å². The van der Waals surface area contributed by atoms with Crippen LogP contribution in [0.4, 0.5) is 0 Å². The number of fused-ring (bicyclic) bond motifs is 2. The van der Waals surface area contributed by atoms with Gasteiger partial charge in [0.25, 0.3) is 0 Å². The highest BCUT2D eigenvalue weighted by atomic mass is 16.5. The van der Waals surface area contributed by atoms with E-state index in [1.807, 2.05) is 0 Å². The molecule has 0 spiro atoms. The normalized spacial score (nSPS) is 47.5. The molecule has 70 valence electrons. The highest BCUT2D eigenvalue weighted by Crippen LogP contribution is 2.39. The third-order valence-electron chi connectivity index (χ3n) is 3.14. The molecule has 0 aromatic rings. The van der Waals surface area contributed by atoms with Crippen LogP contribution in [0.3, 0.4) is 0 Å². The third-order valence-corrected chi connectivity index (χ3v) is 3.14. The van der Waals surface area contributed by atoms with Crippen LogP contribution in [0.25, 0.3) is 0 Å². The summed E-state index contributed by atoms with van der Waals surface area (Å²) in [6.07, 6.45) is 4.19. The maximum absolute atomic E-state index is 9.58. The van der Waals surface area contributed by atoms with Gasteiger partial charge in [-0.25, -0.2) is 0 Å². The summed E-state index contributed by atoms with van der Waals surface area (Å²) in [6, 6.07) is 0. The first kappa shape index (κ1) is 8.48. The molecular formula is C9H16O3. The number of aliphatic hydroxyl groups excluding tert-OH is 2. The second-order valence-corrected chi connectivity index (χ2v) is 4.00. The first-order valence-electron chi connectivity index (χ1n) is 4.72. The molecule has 0 aliphatic carbocycles. The summed E-state index contributed by atoms with van der Waals surface area (Å²) in [4.78, 5) is 0. The van der Waals surface area contributed by atoms with Crippen LogP contribution >= 0.6 is 0 Å². The van der Waals surface area contributed by atoms with Gasteiger partial charge in [-0.1, -0.05) is 0 Å². The van der Waals surface area contributed by atoms with Crippen LogP contribution in [0.2, 0.25) is 0 Å². The third kappa shape index (κ3) is 1.26. The summed E-state index contributed by atoms with van der Waals surface area (Å²) >= 11 is 0. The molecular weight excluding hydrogens is 156 g/mol. The van der Waals surface area contributed by atoms with Crippen molar-refractivity contribution in [2.45, 2.75) is 49.9 Å². The summed E-state index contributed by atoms with van der Waals surface area (Å²) in [6.45, 7) is 0.107. The van der Waals surface area contributed by atoms with Crippen LogP contribution in [-0.4, -0.2) is 34.6 Å². The molecule has 2 N–H and O–H groups in total. The zero-order valence-electron chi connectivity index (χ0n) is 7.20. The quantitative estimate of drug-likeness (QED) is 0.603. The van der Waals surface area contributed by atoms with E-state index in [-0.39, 0.29) is 24.4 Å². The minimum absolute atomic E-state index is 0.0142. The molecule has 0 saturated carbocycles. The molecule has 3 unspecified atom stereocenters. The molecule has 0 aromatic carbocycles. The zero-order valence-corrected chi connectivity index (χ0v) is 7.20. The Labute approximate surface area is 72.3 Å². The van der Waals surface area contributed by atoms with Crippen molar-refractivity contribution in [2.24, 2.45) is 0 Å². The Morgan fingerprint density at radius 2 is 2.17 bits per heavy atom. The number of hydrogen-bond acceptors (Lipinski definition) is 3. The maximum Gasteiger partial charge on any atom is 0.0918 e. The van der Waals surface area contributed by atoms with Crippen molar-refractivity contribution in [2.75, 3.05) is 6.61 Å². The van der Waals surface area contributed by atoms with Crippen molar-refractivity contribution in [3.63, 3.8) is 0 Å². The van der Waals surface area contributed by atoms with Crippen LogP contribution in [0.15, 0.2) is 0 Å². The molecule has 3 atom stereocenters. The van der Waals surface area contributed by atoms with Crippen LogP contribution in [0.1, 0.15) is 32.1 Å². The Kier molecular flexibility index (Phi) is 2.10. The van der Waals surface area contributed by atoms with Gasteiger partial charge < -0.3 is 14.9 Å². The highest BCUT2D eigenvalue weighted by molar-refractivity contribution is 4.93. The highest BCUT2D eigenvalue weighted by Gasteiger charge is 2.44. The van der Waals surface area contributed by atoms with Gasteiger partial charge in [-0.2, -0.15) is 0 Å². The molecule has 2 aliphatic rings. The molecule has 0 amide bonds. The molecule has 2 rings (SSSR count). The lowest BCUT2D eigenvalue weighted by Crippen LogP contribution is -2.33. The molecule has 2 saturated heterocycles. The molecule has 2 bridgehead atoms. The van der Waals surface area contributed by atoms with Crippen molar-refractivity contribution < 1.29 is 14.9 Å². The average molecular weight is 172 g/mol. The molecule has 0 aromatic heterocycles. The second-order valence-electron chi connectivity index (χ2n) is 4.00. The van der Waals surface area contributed by atoms with Crippen LogP contribution in [0.5, 0.6) is 0 Å². The van der Waals surface area contributed by atoms with E-state index in [1.165, 1.54) is 0 Å². The van der Waals surface area contributed by atoms with E-state index < -0.39 is 0 Å². The number of hydrogen-bond donors (Lipinski definition) is 2. The molecule has 0 radical (unpaired) electrons. The van der Waals surface area contributed by atoms with Crippen molar-refractivity contribution in [1.82, 2.24) is 0 Å². The maximum atomic E-state index is 9.58. The van der Waals surface area contributed by atoms with E-state index >= 15 is 0 Å². The second kappa shape index (κ2) is 2.98. The Bertz CT molecular complexity index is 171. The summed E-state index contributed by atoms with van der Waals surface area (Å²) in [5, 5.41) is 18.8. The van der Waals surface area contributed by atoms with Gasteiger partial charge in [-0.05, 0) is 32.1 Å². The van der Waals surface area contributed by atoms with E-state index in [0.29, 0.717) is 0 Å². The van der Waals surface area contributed by atoms with E-state index in [2.05, 4.69) is 0 Å². The molecule has 2 fully saturated rings. The van der Waals surface area contributed by atoms with Crippen LogP contribution in [-0.2, 0) is 4.74 Å². The van der Waals surface area contributed by atoms with Gasteiger partial charge >= 0.3 is 0 Å². The van der Waals surface area contributed by atoms with Gasteiger partial charge in [-0.15, -0.1) is 0 Å². The summed E-state index contributed by atoms with van der Waals surface area (Å²) < 4.78 is 5.67. The zero-order chi connectivity index (χ0) is 8.60. The monoisotopic (exact) mass is 172 g/mol. The first-order valence-corrected chi connectivity index (χ1v) is 4.72. The lowest BCUT2D eigenvalue weighted by Gasteiger charge is -2.25. The Morgan fingerprint density at radius 1 is 1.33 bits per heavy atom. The van der Waals surface area contributed by atoms with Gasteiger partial charge in [0.1, 0.15) is 0 Å². The minimum Gasteiger partial charge on any atom is -0.393 e. The summed E-state index contributed by atoms with van der Waals surface area (Å²) in [7, 11) is 0. The average Bonchev–Trinajstić information content (AvgIpc) is 2.42. The number of ether oxygens (including phenoxy) is 1. The topological polar surface area (TPSA) is 49.7 Å². The Balaban J connectivity index is 2.11. The van der Waals surface area contributed by atoms with E-state index in [0.717, 1.165) is 32.1 Å². The van der Waals surface area contributed by atoms with Crippen molar-refractivity contribution in [3.8, 4) is 0 Å². The Hall–Kier alpha value is -0.120. The molecule has 12 heavy (non-hydrogen) atoms. The molecule has 3 heteroatoms. The fraction of sp³-hybridized carbons (Fsp3) is 1.00.